The Hall–Kier alpha value is -4.14. The number of amides is 1. The number of nitrogens with zero attached hydrogens (tertiary/aromatic N) is 7. The molecular formula is C32H32ClF2N7O2. The van der Waals surface area contributed by atoms with Gasteiger partial charge in [0, 0.05) is 29.6 Å². The number of carbonyl (C=O) groups is 1. The van der Waals surface area contributed by atoms with Gasteiger partial charge in [0.05, 0.1) is 23.6 Å². The zero-order valence-electron chi connectivity index (χ0n) is 24.6. The quantitative estimate of drug-likeness (QED) is 0.234. The second-order valence-electron chi connectivity index (χ2n) is 11.6. The number of ether oxygens (including phenoxy) is 1. The largest absolute Gasteiger partial charge is 0.474 e. The highest BCUT2D eigenvalue weighted by atomic mass is 35.5. The van der Waals surface area contributed by atoms with Crippen molar-refractivity contribution in [2.45, 2.75) is 57.2 Å². The van der Waals surface area contributed by atoms with E-state index >= 15 is 4.39 Å². The maximum atomic E-state index is 16.5. The third-order valence-electron chi connectivity index (χ3n) is 8.91. The summed E-state index contributed by atoms with van der Waals surface area (Å²) in [7, 11) is 2.04. The molecule has 9 nitrogen and oxygen atoms in total. The highest BCUT2D eigenvalue weighted by molar-refractivity contribution is 6.34. The van der Waals surface area contributed by atoms with Crippen LogP contribution >= 0.6 is 11.6 Å². The molecule has 0 unspecified atom stereocenters. The molecule has 2 aliphatic rings. The molecule has 0 aliphatic carbocycles. The second kappa shape index (κ2) is 12.1. The summed E-state index contributed by atoms with van der Waals surface area (Å²) in [5, 5.41) is 19.0. The lowest BCUT2D eigenvalue weighted by atomic mass is 9.94. The number of fused-ring (bicyclic) bond motifs is 3. The maximum Gasteiger partial charge on any atom is 0.246 e. The van der Waals surface area contributed by atoms with Crippen LogP contribution in [0.25, 0.3) is 33.1 Å². The third-order valence-corrected chi connectivity index (χ3v) is 9.21. The van der Waals surface area contributed by atoms with Crippen LogP contribution in [0.2, 0.25) is 5.02 Å². The van der Waals surface area contributed by atoms with Gasteiger partial charge in [0.1, 0.15) is 23.5 Å². The van der Waals surface area contributed by atoms with Crippen LogP contribution in [0.5, 0.6) is 5.88 Å². The number of hydrogen-bond acceptors (Lipinski definition) is 7. The van der Waals surface area contributed by atoms with Crippen LogP contribution in [0.1, 0.15) is 43.7 Å². The van der Waals surface area contributed by atoms with Crippen LogP contribution in [-0.4, -0.2) is 74.5 Å². The molecule has 12 heteroatoms. The number of halogens is 3. The van der Waals surface area contributed by atoms with Crippen molar-refractivity contribution in [3.8, 4) is 23.1 Å². The lowest BCUT2D eigenvalue weighted by Gasteiger charge is -2.38. The number of carbonyl (C=O) groups excluding carboxylic acids is 1. The van der Waals surface area contributed by atoms with Crippen LogP contribution in [0, 0.1) is 29.9 Å². The van der Waals surface area contributed by atoms with E-state index in [0.29, 0.717) is 53.5 Å². The molecule has 4 heterocycles. The molecule has 2 fully saturated rings. The van der Waals surface area contributed by atoms with E-state index in [4.69, 9.17) is 16.3 Å². The Kier molecular flexibility index (Phi) is 8.22. The van der Waals surface area contributed by atoms with Gasteiger partial charge in [0.25, 0.3) is 0 Å². The van der Waals surface area contributed by atoms with Gasteiger partial charge in [-0.1, -0.05) is 29.5 Å². The van der Waals surface area contributed by atoms with Crippen LogP contribution in [0.15, 0.2) is 36.9 Å². The molecule has 0 spiro atoms. The van der Waals surface area contributed by atoms with Gasteiger partial charge in [0.15, 0.2) is 11.3 Å². The minimum Gasteiger partial charge on any atom is -0.474 e. The molecule has 0 radical (unpaired) electrons. The van der Waals surface area contributed by atoms with Crippen LogP contribution in [0.4, 0.5) is 8.78 Å². The van der Waals surface area contributed by atoms with E-state index in [2.05, 4.69) is 32.8 Å². The molecule has 2 aromatic heterocycles. The van der Waals surface area contributed by atoms with Gasteiger partial charge in [-0.05, 0) is 81.6 Å². The van der Waals surface area contributed by atoms with Crippen molar-refractivity contribution < 1.29 is 18.3 Å². The number of nitriles is 1. The first-order chi connectivity index (χ1) is 21.2. The molecular weight excluding hydrogens is 588 g/mol. The Morgan fingerprint density at radius 2 is 2.05 bits per heavy atom. The van der Waals surface area contributed by atoms with Crippen molar-refractivity contribution in [3.63, 3.8) is 0 Å². The van der Waals surface area contributed by atoms with Crippen molar-refractivity contribution in [1.82, 2.24) is 29.8 Å². The summed E-state index contributed by atoms with van der Waals surface area (Å²) < 4.78 is 38.6. The Morgan fingerprint density at radius 1 is 1.23 bits per heavy atom. The fourth-order valence-electron chi connectivity index (χ4n) is 6.49. The highest BCUT2D eigenvalue weighted by Gasteiger charge is 2.34. The lowest BCUT2D eigenvalue weighted by Crippen LogP contribution is -2.45. The molecule has 4 aromatic rings. The van der Waals surface area contributed by atoms with E-state index in [9.17, 15) is 14.4 Å². The lowest BCUT2D eigenvalue weighted by molar-refractivity contribution is -0.130. The summed E-state index contributed by atoms with van der Waals surface area (Å²) >= 11 is 6.74. The number of rotatable bonds is 7. The van der Waals surface area contributed by atoms with Gasteiger partial charge in [-0.2, -0.15) is 5.26 Å². The van der Waals surface area contributed by atoms with Gasteiger partial charge in [-0.3, -0.25) is 4.79 Å². The van der Waals surface area contributed by atoms with Gasteiger partial charge >= 0.3 is 0 Å². The molecule has 2 saturated heterocycles. The number of hydrogen-bond donors (Lipinski definition) is 0. The second-order valence-corrected chi connectivity index (χ2v) is 12.0. The van der Waals surface area contributed by atoms with Crippen molar-refractivity contribution >= 4 is 39.4 Å². The number of aromatic nitrogens is 4. The van der Waals surface area contributed by atoms with E-state index in [1.165, 1.54) is 18.2 Å². The number of aryl methyl sites for hydroxylation is 1. The summed E-state index contributed by atoms with van der Waals surface area (Å²) in [6, 6.07) is 7.74. The third kappa shape index (κ3) is 5.26. The minimum atomic E-state index is -0.662. The normalized spacial score (nSPS) is 20.7. The van der Waals surface area contributed by atoms with Gasteiger partial charge in [0.2, 0.25) is 11.8 Å². The van der Waals surface area contributed by atoms with Crippen LogP contribution in [0.3, 0.4) is 0 Å². The molecule has 0 saturated carbocycles. The van der Waals surface area contributed by atoms with Crippen molar-refractivity contribution in [1.29, 1.82) is 5.26 Å². The summed E-state index contributed by atoms with van der Waals surface area (Å²) in [6.07, 6.45) is 4.42. The van der Waals surface area contributed by atoms with Crippen molar-refractivity contribution in [2.75, 3.05) is 26.7 Å². The summed E-state index contributed by atoms with van der Waals surface area (Å²) in [4.78, 5) is 21.0. The zero-order valence-corrected chi connectivity index (χ0v) is 25.3. The van der Waals surface area contributed by atoms with E-state index in [1.807, 2.05) is 7.05 Å². The van der Waals surface area contributed by atoms with Crippen molar-refractivity contribution in [3.05, 3.63) is 59.1 Å². The highest BCUT2D eigenvalue weighted by Crippen LogP contribution is 2.41. The molecule has 0 N–H and O–H groups in total. The fraction of sp³-hybridized carbons (Fsp3) is 0.406. The van der Waals surface area contributed by atoms with Gasteiger partial charge in [-0.15, -0.1) is 5.10 Å². The fourth-order valence-corrected chi connectivity index (χ4v) is 6.79. The van der Waals surface area contributed by atoms with Crippen LogP contribution in [-0.2, 0) is 4.79 Å². The Labute approximate surface area is 258 Å². The number of benzene rings is 2. The Bertz CT molecular complexity index is 1820. The first-order valence-corrected chi connectivity index (χ1v) is 15.1. The molecule has 1 amide bonds. The number of piperidine rings is 1. The molecule has 44 heavy (non-hydrogen) atoms. The Morgan fingerprint density at radius 3 is 2.75 bits per heavy atom. The molecule has 0 bridgehead atoms. The van der Waals surface area contributed by atoms with E-state index in [1.54, 1.807) is 28.6 Å². The number of likely N-dealkylation sites (tertiary alicyclic amines) is 2. The number of pyridine rings is 1. The van der Waals surface area contributed by atoms with Gasteiger partial charge in [-0.25, -0.2) is 18.4 Å². The first kappa shape index (κ1) is 29.9. The predicted molar refractivity (Wildman–Crippen MR) is 163 cm³/mol. The van der Waals surface area contributed by atoms with E-state index in [-0.39, 0.29) is 52.4 Å². The predicted octanol–water partition coefficient (Wildman–Crippen LogP) is 5.99. The molecule has 6 rings (SSSR count). The maximum absolute atomic E-state index is 16.5. The summed E-state index contributed by atoms with van der Waals surface area (Å²) in [5.41, 5.74) is 1.82. The topological polar surface area (TPSA) is 100 Å². The average molecular weight is 620 g/mol. The SMILES string of the molecule is C=CC(=O)N1CC[C@H](n2nnc3c(OC[C@@H]4CCCN4C)nc4c(F)c(-c5ccc(F)c(C)c5)c(Cl)cc4c32)C[C@H]1CC#N. The first-order valence-electron chi connectivity index (χ1n) is 14.7. The molecule has 3 atom stereocenters. The standard InChI is InChI=1S/C32H32ClF2N7O2/c1-4-26(43)41-13-10-21(15-20(41)9-11-36)42-31-23-16-24(33)27(19-7-8-25(34)18(2)14-19)28(35)29(23)37-32(30(31)38-39-42)44-17-22-6-5-12-40(22)3/h4,7-8,14,16,20-22H,1,5-6,9-10,12-13,15,17H2,2-3H3/t20-,21+,22+/m1/s1. The van der Waals surface area contributed by atoms with E-state index in [0.717, 1.165) is 19.4 Å². The van der Waals surface area contributed by atoms with Crippen molar-refractivity contribution in [2.24, 2.45) is 0 Å². The molecule has 2 aliphatic heterocycles. The zero-order chi connectivity index (χ0) is 31.1. The van der Waals surface area contributed by atoms with Crippen LogP contribution < -0.4 is 4.74 Å². The Balaban J connectivity index is 1.51. The van der Waals surface area contributed by atoms with E-state index < -0.39 is 11.6 Å². The monoisotopic (exact) mass is 619 g/mol. The summed E-state index contributed by atoms with van der Waals surface area (Å²) in [6.45, 7) is 6.92. The average Bonchev–Trinajstić information content (AvgIpc) is 3.64. The smallest absolute Gasteiger partial charge is 0.246 e. The summed E-state index contributed by atoms with van der Waals surface area (Å²) in [5.74, 6) is -1.13. The molecule has 228 valence electrons. The number of likely N-dealkylation sites (N-methyl/N-ethyl adjacent to an activating group) is 1. The van der Waals surface area contributed by atoms with Gasteiger partial charge < -0.3 is 14.5 Å². The minimum absolute atomic E-state index is 0.0325. The molecule has 2 aromatic carbocycles.